The number of carbonyl (C=O) groups is 1. The Hall–Kier alpha value is -2.34. The third kappa shape index (κ3) is 3.94. The van der Waals surface area contributed by atoms with Crippen molar-refractivity contribution in [3.05, 3.63) is 35.9 Å². The number of benzene rings is 1. The molecule has 128 valence electrons. The van der Waals surface area contributed by atoms with Crippen LogP contribution < -0.4 is 5.32 Å². The van der Waals surface area contributed by atoms with Gasteiger partial charge in [0.05, 0.1) is 6.10 Å². The van der Waals surface area contributed by atoms with E-state index in [-0.39, 0.29) is 11.3 Å². The lowest BCUT2D eigenvalue weighted by Gasteiger charge is -2.09. The first-order chi connectivity index (χ1) is 11.8. The molecule has 1 aliphatic rings. The molecule has 1 fully saturated rings. The van der Waals surface area contributed by atoms with Crippen molar-refractivity contribution in [1.29, 1.82) is 0 Å². The molecule has 0 saturated carbocycles. The molecule has 1 saturated heterocycles. The molecule has 0 aliphatic carbocycles. The zero-order valence-corrected chi connectivity index (χ0v) is 13.5. The predicted octanol–water partition coefficient (Wildman–Crippen LogP) is 3.80. The predicted molar refractivity (Wildman–Crippen MR) is 90.2 cm³/mol. The molecule has 0 radical (unpaired) electrons. The van der Waals surface area contributed by atoms with E-state index >= 15 is 0 Å². The van der Waals surface area contributed by atoms with Crippen LogP contribution in [0.1, 0.15) is 42.5 Å². The highest BCUT2D eigenvalue weighted by atomic mass is 16.5. The summed E-state index contributed by atoms with van der Waals surface area (Å²) in [5.74, 6) is -0.472. The van der Waals surface area contributed by atoms with Crippen molar-refractivity contribution in [2.24, 2.45) is 0 Å². The average Bonchev–Trinajstić information content (AvgIpc) is 3.24. The smallest absolute Gasteiger partial charge is 0.343 e. The Bertz CT molecular complexity index is 663. The van der Waals surface area contributed by atoms with Gasteiger partial charge in [-0.15, -0.1) is 0 Å². The molecule has 2 aromatic rings. The maximum absolute atomic E-state index is 11.6. The van der Waals surface area contributed by atoms with Crippen molar-refractivity contribution < 1.29 is 19.2 Å². The van der Waals surface area contributed by atoms with Crippen LogP contribution in [0.5, 0.6) is 0 Å². The Kier molecular flexibility index (Phi) is 5.48. The molecule has 2 N–H and O–H groups in total. The Balaban J connectivity index is 1.57. The van der Waals surface area contributed by atoms with Gasteiger partial charge in [-0.1, -0.05) is 35.5 Å². The third-order valence-corrected chi connectivity index (χ3v) is 4.21. The topological polar surface area (TPSA) is 84.6 Å². The number of nitrogens with one attached hydrogen (secondary N) is 1. The van der Waals surface area contributed by atoms with Crippen molar-refractivity contribution in [1.82, 2.24) is 5.16 Å². The highest BCUT2D eigenvalue weighted by Crippen LogP contribution is 2.29. The number of hydrogen-bond acceptors (Lipinski definition) is 5. The van der Waals surface area contributed by atoms with Crippen LogP contribution >= 0.6 is 0 Å². The fraction of sp³-hybridized carbons (Fsp3) is 0.444. The van der Waals surface area contributed by atoms with Crippen LogP contribution in [-0.2, 0) is 4.74 Å². The molecule has 1 aromatic carbocycles. The number of aromatic nitrogens is 1. The van der Waals surface area contributed by atoms with Gasteiger partial charge in [-0.3, -0.25) is 0 Å². The molecule has 1 unspecified atom stereocenters. The molecule has 24 heavy (non-hydrogen) atoms. The monoisotopic (exact) mass is 330 g/mol. The summed E-state index contributed by atoms with van der Waals surface area (Å²) in [5, 5.41) is 16.5. The van der Waals surface area contributed by atoms with Crippen LogP contribution in [0.25, 0.3) is 11.3 Å². The molecule has 1 aliphatic heterocycles. The molecule has 2 heterocycles. The number of anilines is 1. The van der Waals surface area contributed by atoms with E-state index in [1.165, 1.54) is 0 Å². The summed E-state index contributed by atoms with van der Waals surface area (Å²) < 4.78 is 10.9. The first-order valence-electron chi connectivity index (χ1n) is 8.39. The minimum absolute atomic E-state index is 0.0836. The number of hydrogen-bond donors (Lipinski definition) is 2. The zero-order chi connectivity index (χ0) is 16.8. The normalized spacial score (nSPS) is 17.1. The first-order valence-corrected chi connectivity index (χ1v) is 8.39. The van der Waals surface area contributed by atoms with E-state index in [0.717, 1.165) is 38.7 Å². The first kappa shape index (κ1) is 16.5. The van der Waals surface area contributed by atoms with Gasteiger partial charge in [-0.05, 0) is 32.1 Å². The van der Waals surface area contributed by atoms with Gasteiger partial charge in [0, 0.05) is 18.7 Å². The minimum Gasteiger partial charge on any atom is -0.477 e. The van der Waals surface area contributed by atoms with Gasteiger partial charge in [-0.2, -0.15) is 0 Å². The van der Waals surface area contributed by atoms with Crippen LogP contribution in [0.4, 0.5) is 5.82 Å². The summed E-state index contributed by atoms with van der Waals surface area (Å²) in [7, 11) is 0. The molecule has 3 rings (SSSR count). The van der Waals surface area contributed by atoms with Gasteiger partial charge < -0.3 is 19.7 Å². The Morgan fingerprint density at radius 3 is 2.83 bits per heavy atom. The van der Waals surface area contributed by atoms with Gasteiger partial charge in [0.2, 0.25) is 0 Å². The summed E-state index contributed by atoms with van der Waals surface area (Å²) in [4.78, 5) is 11.6. The van der Waals surface area contributed by atoms with Crippen molar-refractivity contribution >= 4 is 11.8 Å². The lowest BCUT2D eigenvalue weighted by Crippen LogP contribution is -2.09. The summed E-state index contributed by atoms with van der Waals surface area (Å²) in [6.45, 7) is 1.54. The maximum atomic E-state index is 11.6. The highest BCUT2D eigenvalue weighted by Gasteiger charge is 2.23. The molecule has 1 aromatic heterocycles. The second-order valence-electron chi connectivity index (χ2n) is 5.96. The summed E-state index contributed by atoms with van der Waals surface area (Å²) >= 11 is 0. The second-order valence-corrected chi connectivity index (χ2v) is 5.96. The Morgan fingerprint density at radius 2 is 2.12 bits per heavy atom. The number of carboxylic acid groups (broad SMARTS) is 1. The quantitative estimate of drug-likeness (QED) is 0.716. The van der Waals surface area contributed by atoms with Crippen LogP contribution in [0.15, 0.2) is 34.9 Å². The molecule has 0 spiro atoms. The Morgan fingerprint density at radius 1 is 1.29 bits per heavy atom. The van der Waals surface area contributed by atoms with E-state index < -0.39 is 5.97 Å². The van der Waals surface area contributed by atoms with Crippen LogP contribution in [0.3, 0.4) is 0 Å². The van der Waals surface area contributed by atoms with Crippen LogP contribution in [-0.4, -0.2) is 35.5 Å². The lowest BCUT2D eigenvalue weighted by molar-refractivity contribution is 0.0698. The van der Waals surface area contributed by atoms with Crippen LogP contribution in [0.2, 0.25) is 0 Å². The van der Waals surface area contributed by atoms with E-state index in [9.17, 15) is 9.90 Å². The number of aromatic carboxylic acids is 1. The fourth-order valence-corrected chi connectivity index (χ4v) is 2.97. The number of carboxylic acids is 1. The molecular weight excluding hydrogens is 308 g/mol. The van der Waals surface area contributed by atoms with E-state index in [4.69, 9.17) is 9.26 Å². The fourth-order valence-electron chi connectivity index (χ4n) is 2.97. The molecule has 6 heteroatoms. The van der Waals surface area contributed by atoms with Crippen molar-refractivity contribution in [2.75, 3.05) is 18.5 Å². The lowest BCUT2D eigenvalue weighted by atomic mass is 10.1. The number of ether oxygens (including phenoxy) is 1. The Labute approximate surface area is 140 Å². The molecule has 0 bridgehead atoms. The van der Waals surface area contributed by atoms with Gasteiger partial charge in [0.1, 0.15) is 0 Å². The zero-order valence-electron chi connectivity index (χ0n) is 13.5. The van der Waals surface area contributed by atoms with Crippen molar-refractivity contribution in [3.8, 4) is 11.3 Å². The van der Waals surface area contributed by atoms with Crippen LogP contribution in [0, 0.1) is 0 Å². The summed E-state index contributed by atoms with van der Waals surface area (Å²) in [6.07, 6.45) is 5.75. The standard InChI is InChI=1S/C18H22N2O4/c21-18(22)15-16(13-7-2-1-3-8-13)24-20-17(15)19-11-5-4-9-14-10-6-12-23-14/h1-3,7-8,14H,4-6,9-12H2,(H,19,20)(H,21,22). The van der Waals surface area contributed by atoms with E-state index in [1.54, 1.807) is 12.1 Å². The van der Waals surface area contributed by atoms with Gasteiger partial charge in [-0.25, -0.2) is 4.79 Å². The van der Waals surface area contributed by atoms with E-state index in [2.05, 4.69) is 10.5 Å². The van der Waals surface area contributed by atoms with Crippen molar-refractivity contribution in [3.63, 3.8) is 0 Å². The molecule has 1 atom stereocenters. The summed E-state index contributed by atoms with van der Waals surface area (Å²) in [5.41, 5.74) is 0.786. The maximum Gasteiger partial charge on any atom is 0.343 e. The van der Waals surface area contributed by atoms with Gasteiger partial charge in [0.15, 0.2) is 17.1 Å². The minimum atomic E-state index is -1.04. The van der Waals surface area contributed by atoms with E-state index in [1.807, 2.05) is 18.2 Å². The van der Waals surface area contributed by atoms with E-state index in [0.29, 0.717) is 24.0 Å². The molecule has 6 nitrogen and oxygen atoms in total. The second kappa shape index (κ2) is 7.97. The average molecular weight is 330 g/mol. The highest BCUT2D eigenvalue weighted by molar-refractivity contribution is 5.99. The number of unbranched alkanes of at least 4 members (excludes halogenated alkanes) is 1. The third-order valence-electron chi connectivity index (χ3n) is 4.21. The molecule has 0 amide bonds. The van der Waals surface area contributed by atoms with Gasteiger partial charge in [0.25, 0.3) is 0 Å². The number of nitrogens with zero attached hydrogens (tertiary/aromatic N) is 1. The number of rotatable bonds is 8. The SMILES string of the molecule is O=C(O)c1c(NCCCCC2CCCO2)noc1-c1ccccc1. The summed E-state index contributed by atoms with van der Waals surface area (Å²) in [6, 6.07) is 9.15. The van der Waals surface area contributed by atoms with Gasteiger partial charge >= 0.3 is 5.97 Å². The largest absolute Gasteiger partial charge is 0.477 e. The van der Waals surface area contributed by atoms with Crippen molar-refractivity contribution in [2.45, 2.75) is 38.2 Å². The molecular formula is C18H22N2O4.